The van der Waals surface area contributed by atoms with E-state index >= 15 is 0 Å². The normalized spacial score (nSPS) is 17.8. The lowest BCUT2D eigenvalue weighted by atomic mass is 10.1. The van der Waals surface area contributed by atoms with Crippen LogP contribution in [0.15, 0.2) is 0 Å². The third-order valence-corrected chi connectivity index (χ3v) is 3.14. The van der Waals surface area contributed by atoms with Gasteiger partial charge in [-0.05, 0) is 25.1 Å². The number of aromatic amines is 1. The van der Waals surface area contributed by atoms with E-state index < -0.39 is 6.43 Å². The number of H-pyrrole nitrogens is 1. The van der Waals surface area contributed by atoms with Crippen LogP contribution in [0.5, 0.6) is 0 Å². The zero-order chi connectivity index (χ0) is 10.8. The maximum absolute atomic E-state index is 12.3. The molecule has 0 radical (unpaired) electrons. The molecule has 1 aliphatic carbocycles. The molecule has 0 bridgehead atoms. The first-order valence-electron chi connectivity index (χ1n) is 5.11. The number of hydrogen-bond acceptors (Lipinski definition) is 2. The van der Waals surface area contributed by atoms with Crippen LogP contribution in [0, 0.1) is 4.77 Å². The van der Waals surface area contributed by atoms with Crippen LogP contribution in [-0.4, -0.2) is 21.2 Å². The van der Waals surface area contributed by atoms with E-state index in [1.54, 1.807) is 0 Å². The van der Waals surface area contributed by atoms with Crippen molar-refractivity contribution in [2.24, 2.45) is 0 Å². The molecule has 0 atom stereocenters. The van der Waals surface area contributed by atoms with Crippen molar-refractivity contribution < 1.29 is 8.78 Å². The molecule has 1 N–H and O–H groups in total. The molecular formula is C9H13F2N3S. The summed E-state index contributed by atoms with van der Waals surface area (Å²) in [6.07, 6.45) is 1.98. The van der Waals surface area contributed by atoms with Gasteiger partial charge in [0.15, 0.2) is 4.77 Å². The second-order valence-corrected chi connectivity index (χ2v) is 4.26. The number of rotatable bonds is 3. The van der Waals surface area contributed by atoms with Gasteiger partial charge in [-0.15, -0.1) is 0 Å². The molecule has 1 saturated carbocycles. The second kappa shape index (κ2) is 4.38. The van der Waals surface area contributed by atoms with Gasteiger partial charge in [0, 0.05) is 5.92 Å². The van der Waals surface area contributed by atoms with E-state index in [1.165, 1.54) is 4.57 Å². The Kier molecular flexibility index (Phi) is 3.14. The number of nitrogens with zero attached hydrogens (tertiary/aromatic N) is 2. The largest absolute Gasteiger partial charge is 0.298 e. The van der Waals surface area contributed by atoms with Crippen molar-refractivity contribution >= 4 is 12.2 Å². The summed E-state index contributed by atoms with van der Waals surface area (Å²) in [7, 11) is 0. The molecule has 15 heavy (non-hydrogen) atoms. The van der Waals surface area contributed by atoms with Crippen LogP contribution in [0.4, 0.5) is 8.78 Å². The lowest BCUT2D eigenvalue weighted by molar-refractivity contribution is 0.124. The summed E-state index contributed by atoms with van der Waals surface area (Å²) in [5, 5.41) is 6.67. The first-order valence-corrected chi connectivity index (χ1v) is 5.52. The van der Waals surface area contributed by atoms with E-state index in [4.69, 9.17) is 12.2 Å². The zero-order valence-electron chi connectivity index (χ0n) is 8.25. The average Bonchev–Trinajstić information content (AvgIpc) is 2.76. The number of halogens is 2. The fourth-order valence-electron chi connectivity index (χ4n) is 2.14. The molecule has 0 saturated heterocycles. The van der Waals surface area contributed by atoms with Crippen LogP contribution in [-0.2, 0) is 6.54 Å². The van der Waals surface area contributed by atoms with Crippen molar-refractivity contribution in [3.05, 3.63) is 10.6 Å². The average molecular weight is 233 g/mol. The van der Waals surface area contributed by atoms with Gasteiger partial charge in [0.2, 0.25) is 0 Å². The van der Waals surface area contributed by atoms with Gasteiger partial charge in [-0.1, -0.05) is 12.8 Å². The highest BCUT2D eigenvalue weighted by Gasteiger charge is 2.23. The Morgan fingerprint density at radius 2 is 2.13 bits per heavy atom. The highest BCUT2D eigenvalue weighted by molar-refractivity contribution is 7.71. The molecule has 6 heteroatoms. The van der Waals surface area contributed by atoms with E-state index in [2.05, 4.69) is 10.2 Å². The van der Waals surface area contributed by atoms with Crippen molar-refractivity contribution in [3.63, 3.8) is 0 Å². The Morgan fingerprint density at radius 3 is 2.73 bits per heavy atom. The number of nitrogens with one attached hydrogen (secondary N) is 1. The van der Waals surface area contributed by atoms with Crippen molar-refractivity contribution in [2.75, 3.05) is 0 Å². The predicted octanol–water partition coefficient (Wildman–Crippen LogP) is 2.86. The molecule has 0 spiro atoms. The summed E-state index contributed by atoms with van der Waals surface area (Å²) < 4.78 is 26.4. The molecular weight excluding hydrogens is 220 g/mol. The molecule has 1 heterocycles. The molecule has 2 rings (SSSR count). The minimum atomic E-state index is -2.38. The fraction of sp³-hybridized carbons (Fsp3) is 0.778. The van der Waals surface area contributed by atoms with Gasteiger partial charge in [-0.3, -0.25) is 9.67 Å². The highest BCUT2D eigenvalue weighted by Crippen LogP contribution is 2.33. The van der Waals surface area contributed by atoms with Gasteiger partial charge in [-0.2, -0.15) is 5.10 Å². The third-order valence-electron chi connectivity index (χ3n) is 2.83. The maximum Gasteiger partial charge on any atom is 0.256 e. The van der Waals surface area contributed by atoms with Crippen LogP contribution in [0.25, 0.3) is 0 Å². The van der Waals surface area contributed by atoms with Gasteiger partial charge >= 0.3 is 0 Å². The third kappa shape index (κ3) is 2.25. The standard InChI is InChI=1S/C9H13F2N3S/c10-7(11)5-14-8(12-13-9(14)15)6-3-1-2-4-6/h6-7H,1-5H2,(H,13,15). The molecule has 3 nitrogen and oxygen atoms in total. The second-order valence-electron chi connectivity index (χ2n) is 3.87. The molecule has 1 aromatic heterocycles. The van der Waals surface area contributed by atoms with E-state index in [-0.39, 0.29) is 6.54 Å². The molecule has 1 fully saturated rings. The molecule has 0 unspecified atom stereocenters. The predicted molar refractivity (Wildman–Crippen MR) is 54.6 cm³/mol. The highest BCUT2D eigenvalue weighted by atomic mass is 32.1. The lowest BCUT2D eigenvalue weighted by Gasteiger charge is -2.10. The Balaban J connectivity index is 2.26. The zero-order valence-corrected chi connectivity index (χ0v) is 9.07. The fourth-order valence-corrected chi connectivity index (χ4v) is 2.35. The first-order chi connectivity index (χ1) is 7.18. The van der Waals surface area contributed by atoms with Crippen molar-refractivity contribution in [1.29, 1.82) is 0 Å². The summed E-state index contributed by atoms with van der Waals surface area (Å²) in [5.74, 6) is 1.01. The summed E-state index contributed by atoms with van der Waals surface area (Å²) in [6, 6.07) is 0. The van der Waals surface area contributed by atoms with Gasteiger partial charge in [0.1, 0.15) is 5.82 Å². The minimum absolute atomic E-state index is 0.302. The minimum Gasteiger partial charge on any atom is -0.298 e. The summed E-state index contributed by atoms with van der Waals surface area (Å²) in [5.41, 5.74) is 0. The van der Waals surface area contributed by atoms with Crippen LogP contribution in [0.1, 0.15) is 37.4 Å². The van der Waals surface area contributed by atoms with Crippen molar-refractivity contribution in [3.8, 4) is 0 Å². The van der Waals surface area contributed by atoms with Crippen molar-refractivity contribution in [1.82, 2.24) is 14.8 Å². The van der Waals surface area contributed by atoms with Gasteiger partial charge in [0.05, 0.1) is 6.54 Å². The Bertz CT molecular complexity index is 379. The Labute approximate surface area is 91.5 Å². The van der Waals surface area contributed by atoms with E-state index in [0.717, 1.165) is 25.7 Å². The molecule has 0 aromatic carbocycles. The smallest absolute Gasteiger partial charge is 0.256 e. The number of hydrogen-bond donors (Lipinski definition) is 1. The summed E-state index contributed by atoms with van der Waals surface area (Å²) >= 11 is 4.94. The van der Waals surface area contributed by atoms with Crippen LogP contribution in [0.3, 0.4) is 0 Å². The van der Waals surface area contributed by atoms with Crippen LogP contribution >= 0.6 is 12.2 Å². The van der Waals surface area contributed by atoms with Crippen molar-refractivity contribution in [2.45, 2.75) is 44.6 Å². The SMILES string of the molecule is FC(F)Cn1c(C2CCCC2)n[nH]c1=S. The Morgan fingerprint density at radius 1 is 1.47 bits per heavy atom. The van der Waals surface area contributed by atoms with E-state index in [1.807, 2.05) is 0 Å². The molecule has 84 valence electrons. The first kappa shape index (κ1) is 10.7. The molecule has 0 aliphatic heterocycles. The molecule has 1 aromatic rings. The van der Waals surface area contributed by atoms with Gasteiger partial charge in [-0.25, -0.2) is 8.78 Å². The summed E-state index contributed by atoms with van der Waals surface area (Å²) in [6.45, 7) is -0.346. The number of alkyl halides is 2. The quantitative estimate of drug-likeness (QED) is 0.814. The van der Waals surface area contributed by atoms with E-state index in [0.29, 0.717) is 16.5 Å². The number of aromatic nitrogens is 3. The Hall–Kier alpha value is -0.780. The van der Waals surface area contributed by atoms with Gasteiger partial charge in [0.25, 0.3) is 6.43 Å². The summed E-state index contributed by atoms with van der Waals surface area (Å²) in [4.78, 5) is 0. The molecule has 1 aliphatic rings. The lowest BCUT2D eigenvalue weighted by Crippen LogP contribution is -2.12. The molecule has 0 amide bonds. The topological polar surface area (TPSA) is 33.6 Å². The van der Waals surface area contributed by atoms with E-state index in [9.17, 15) is 8.78 Å². The van der Waals surface area contributed by atoms with Crippen LogP contribution < -0.4 is 0 Å². The van der Waals surface area contributed by atoms with Crippen LogP contribution in [0.2, 0.25) is 0 Å². The van der Waals surface area contributed by atoms with Gasteiger partial charge < -0.3 is 0 Å². The monoisotopic (exact) mass is 233 g/mol. The maximum atomic E-state index is 12.3.